The normalized spacial score (nSPS) is 15.7. The Balaban J connectivity index is 1.82. The van der Waals surface area contributed by atoms with Gasteiger partial charge in [0.15, 0.2) is 6.10 Å². The largest absolute Gasteiger partial charge is 0.477 e. The number of amides is 2. The summed E-state index contributed by atoms with van der Waals surface area (Å²) in [6, 6.07) is 11.8. The number of methoxy groups -OCH3 is 1. The third-order valence-electron chi connectivity index (χ3n) is 4.80. The number of anilines is 1. The van der Waals surface area contributed by atoms with E-state index in [2.05, 4.69) is 5.32 Å². The number of carbonyl (C=O) groups is 2. The Hall–Kier alpha value is -2.97. The second kappa shape index (κ2) is 7.81. The molecular weight excluding hydrogens is 395 g/mol. The average Bonchev–Trinajstić information content (AvgIpc) is 3.12. The van der Waals surface area contributed by atoms with Gasteiger partial charge in [-0.05, 0) is 24.3 Å². The Morgan fingerprint density at radius 1 is 1.28 bits per heavy atom. The van der Waals surface area contributed by atoms with Crippen LogP contribution in [0.1, 0.15) is 15.2 Å². The molecule has 2 amide bonds. The molecule has 1 N–H and O–H groups in total. The zero-order chi connectivity index (χ0) is 20.5. The summed E-state index contributed by atoms with van der Waals surface area (Å²) in [7, 11) is 3.02. The van der Waals surface area contributed by atoms with Crippen molar-refractivity contribution in [2.24, 2.45) is 0 Å². The summed E-state index contributed by atoms with van der Waals surface area (Å²) < 4.78 is 26.2. The van der Waals surface area contributed by atoms with E-state index >= 15 is 0 Å². The van der Waals surface area contributed by atoms with Gasteiger partial charge in [0.2, 0.25) is 0 Å². The monoisotopic (exact) mass is 414 g/mol. The van der Waals surface area contributed by atoms with Crippen molar-refractivity contribution in [1.82, 2.24) is 5.32 Å². The molecule has 1 atom stereocenters. The maximum atomic E-state index is 14.5. The molecule has 1 aromatic heterocycles. The number of likely N-dealkylation sites (N-methyl/N-ethyl adjacent to an activating group) is 1. The van der Waals surface area contributed by atoms with Crippen LogP contribution in [0.25, 0.3) is 10.1 Å². The molecule has 0 radical (unpaired) electrons. The van der Waals surface area contributed by atoms with Crippen molar-refractivity contribution >= 4 is 38.9 Å². The number of rotatable bonds is 4. The van der Waals surface area contributed by atoms with Gasteiger partial charge < -0.3 is 14.8 Å². The van der Waals surface area contributed by atoms with Crippen LogP contribution in [0.3, 0.4) is 0 Å². The van der Waals surface area contributed by atoms with E-state index in [1.807, 2.05) is 0 Å². The van der Waals surface area contributed by atoms with E-state index in [1.165, 1.54) is 36.5 Å². The number of fused-ring (bicyclic) bond motifs is 2. The third-order valence-corrected chi connectivity index (χ3v) is 5.99. The number of halogens is 1. The van der Waals surface area contributed by atoms with Crippen LogP contribution in [0.15, 0.2) is 42.5 Å². The molecule has 3 aromatic rings. The van der Waals surface area contributed by atoms with E-state index in [9.17, 15) is 14.0 Å². The van der Waals surface area contributed by atoms with Gasteiger partial charge in [-0.25, -0.2) is 4.39 Å². The standard InChI is InChI=1S/C21H19FN2O4S/c1-23-20(25)16-10-24(14-7-3-4-8-15(14)28-16)21(26)19-12(11-27-2)18-13(22)6-5-9-17(18)29-19/h3-9,16H,10-11H2,1-2H3,(H,23,25). The molecule has 1 aliphatic heterocycles. The van der Waals surface area contributed by atoms with E-state index < -0.39 is 11.9 Å². The van der Waals surface area contributed by atoms with Crippen molar-refractivity contribution in [1.29, 1.82) is 0 Å². The van der Waals surface area contributed by atoms with Gasteiger partial charge in [0, 0.05) is 29.8 Å². The number of hydrogen-bond donors (Lipinski definition) is 1. The maximum absolute atomic E-state index is 14.5. The lowest BCUT2D eigenvalue weighted by molar-refractivity contribution is -0.127. The van der Waals surface area contributed by atoms with Crippen molar-refractivity contribution in [2.45, 2.75) is 12.7 Å². The van der Waals surface area contributed by atoms with Crippen LogP contribution in [0, 0.1) is 5.82 Å². The molecule has 4 rings (SSSR count). The Kier molecular flexibility index (Phi) is 5.21. The van der Waals surface area contributed by atoms with Gasteiger partial charge in [0.25, 0.3) is 11.8 Å². The van der Waals surface area contributed by atoms with Crippen molar-refractivity contribution < 1.29 is 23.5 Å². The molecule has 150 valence electrons. The van der Waals surface area contributed by atoms with Crippen LogP contribution in [-0.2, 0) is 16.1 Å². The summed E-state index contributed by atoms with van der Waals surface area (Å²) in [5.41, 5.74) is 1.08. The van der Waals surface area contributed by atoms with Gasteiger partial charge in [-0.15, -0.1) is 11.3 Å². The number of carbonyl (C=O) groups excluding carboxylic acids is 2. The highest BCUT2D eigenvalue weighted by Gasteiger charge is 2.35. The minimum absolute atomic E-state index is 0.0542. The molecule has 8 heteroatoms. The molecule has 6 nitrogen and oxygen atoms in total. The first kappa shape index (κ1) is 19.4. The Morgan fingerprint density at radius 3 is 2.83 bits per heavy atom. The summed E-state index contributed by atoms with van der Waals surface area (Å²) in [5, 5.41) is 2.95. The third kappa shape index (κ3) is 3.34. The number of nitrogens with one attached hydrogen (secondary N) is 1. The van der Waals surface area contributed by atoms with Gasteiger partial charge in [-0.2, -0.15) is 0 Å². The molecule has 2 aromatic carbocycles. The maximum Gasteiger partial charge on any atom is 0.269 e. The van der Waals surface area contributed by atoms with Gasteiger partial charge in [-0.3, -0.25) is 14.5 Å². The Labute approximate surface area is 170 Å². The van der Waals surface area contributed by atoms with E-state index in [0.717, 1.165) is 0 Å². The Bertz CT molecular complexity index is 1100. The molecule has 0 saturated heterocycles. The highest BCUT2D eigenvalue weighted by atomic mass is 32.1. The quantitative estimate of drug-likeness (QED) is 0.711. The van der Waals surface area contributed by atoms with Crippen LogP contribution < -0.4 is 15.0 Å². The molecule has 0 aliphatic carbocycles. The lowest BCUT2D eigenvalue weighted by Crippen LogP contribution is -2.50. The molecule has 0 spiro atoms. The van der Waals surface area contributed by atoms with Crippen LogP contribution >= 0.6 is 11.3 Å². The smallest absolute Gasteiger partial charge is 0.269 e. The van der Waals surface area contributed by atoms with Crippen LogP contribution in [0.4, 0.5) is 10.1 Å². The van der Waals surface area contributed by atoms with Crippen molar-refractivity contribution in [3.63, 3.8) is 0 Å². The summed E-state index contributed by atoms with van der Waals surface area (Å²) in [6.45, 7) is 0.158. The van der Waals surface area contributed by atoms with Crippen molar-refractivity contribution in [3.05, 3.63) is 58.7 Å². The van der Waals surface area contributed by atoms with Crippen molar-refractivity contribution in [3.8, 4) is 5.75 Å². The van der Waals surface area contributed by atoms with Crippen LogP contribution in [0.5, 0.6) is 5.75 Å². The minimum Gasteiger partial charge on any atom is -0.477 e. The molecular formula is C21H19FN2O4S. The topological polar surface area (TPSA) is 67.9 Å². The summed E-state index contributed by atoms with van der Waals surface area (Å²) in [6.07, 6.45) is -0.837. The molecule has 29 heavy (non-hydrogen) atoms. The fraction of sp³-hybridized carbons (Fsp3) is 0.238. The summed E-state index contributed by atoms with van der Waals surface area (Å²) in [4.78, 5) is 27.7. The summed E-state index contributed by atoms with van der Waals surface area (Å²) >= 11 is 1.22. The number of ether oxygens (including phenoxy) is 2. The van der Waals surface area contributed by atoms with E-state index in [0.29, 0.717) is 32.0 Å². The number of benzene rings is 2. The van der Waals surface area contributed by atoms with Gasteiger partial charge in [0.05, 0.1) is 23.7 Å². The van der Waals surface area contributed by atoms with E-state index in [1.54, 1.807) is 36.4 Å². The van der Waals surface area contributed by atoms with Crippen molar-refractivity contribution in [2.75, 3.05) is 25.6 Å². The van der Waals surface area contributed by atoms with Crippen LogP contribution in [0.2, 0.25) is 0 Å². The highest BCUT2D eigenvalue weighted by Crippen LogP contribution is 2.38. The molecule has 1 unspecified atom stereocenters. The summed E-state index contributed by atoms with van der Waals surface area (Å²) in [5.74, 6) is -0.587. The lowest BCUT2D eigenvalue weighted by atomic mass is 10.1. The number of para-hydroxylation sites is 2. The fourth-order valence-electron chi connectivity index (χ4n) is 3.47. The van der Waals surface area contributed by atoms with E-state index in [4.69, 9.17) is 9.47 Å². The van der Waals surface area contributed by atoms with Gasteiger partial charge >= 0.3 is 0 Å². The number of nitrogens with zero attached hydrogens (tertiary/aromatic N) is 1. The zero-order valence-electron chi connectivity index (χ0n) is 15.9. The number of thiophene rings is 1. The second-order valence-electron chi connectivity index (χ2n) is 6.56. The first-order valence-electron chi connectivity index (χ1n) is 9.03. The minimum atomic E-state index is -0.837. The molecule has 0 saturated carbocycles. The van der Waals surface area contributed by atoms with E-state index in [-0.39, 0.29) is 25.0 Å². The average molecular weight is 414 g/mol. The fourth-order valence-corrected chi connectivity index (χ4v) is 4.64. The SMILES string of the molecule is CNC(=O)C1CN(C(=O)c2sc3cccc(F)c3c2COC)c2ccccc2O1. The molecule has 1 aliphatic rings. The zero-order valence-corrected chi connectivity index (χ0v) is 16.7. The molecule has 0 bridgehead atoms. The second-order valence-corrected chi connectivity index (χ2v) is 7.61. The Morgan fingerprint density at radius 2 is 2.07 bits per heavy atom. The highest BCUT2D eigenvalue weighted by molar-refractivity contribution is 7.21. The first-order valence-corrected chi connectivity index (χ1v) is 9.84. The molecule has 2 heterocycles. The predicted molar refractivity (Wildman–Crippen MR) is 109 cm³/mol. The molecule has 0 fully saturated rings. The lowest BCUT2D eigenvalue weighted by Gasteiger charge is -2.34. The first-order chi connectivity index (χ1) is 14.0. The van der Waals surface area contributed by atoms with Gasteiger partial charge in [0.1, 0.15) is 11.6 Å². The van der Waals surface area contributed by atoms with Gasteiger partial charge in [-0.1, -0.05) is 18.2 Å². The van der Waals surface area contributed by atoms with Crippen LogP contribution in [-0.4, -0.2) is 38.6 Å². The number of hydrogen-bond acceptors (Lipinski definition) is 5. The predicted octanol–water partition coefficient (Wildman–Crippen LogP) is 3.34.